The second-order valence-corrected chi connectivity index (χ2v) is 13.4. The highest BCUT2D eigenvalue weighted by molar-refractivity contribution is 7.99. The predicted octanol–water partition coefficient (Wildman–Crippen LogP) is 12.4. The molecule has 8 aromatic rings. The summed E-state index contributed by atoms with van der Waals surface area (Å²) in [4.78, 5) is 4.59. The molecule has 0 amide bonds. The van der Waals surface area contributed by atoms with Gasteiger partial charge in [-0.05, 0) is 103 Å². The van der Waals surface area contributed by atoms with Gasteiger partial charge < -0.3 is 9.47 Å². The fourth-order valence-electron chi connectivity index (χ4n) is 6.70. The van der Waals surface area contributed by atoms with Crippen molar-refractivity contribution in [2.45, 2.75) is 19.6 Å². The van der Waals surface area contributed by atoms with E-state index in [2.05, 4.69) is 109 Å². The lowest BCUT2D eigenvalue weighted by Gasteiger charge is -2.21. The molecular weight excluding hydrogens is 577 g/mol. The van der Waals surface area contributed by atoms with Gasteiger partial charge in [-0.1, -0.05) is 108 Å². The van der Waals surface area contributed by atoms with E-state index in [-0.39, 0.29) is 0 Å². The lowest BCUT2D eigenvalue weighted by atomic mass is 9.87. The Morgan fingerprint density at radius 3 is 1.30 bits per heavy atom. The van der Waals surface area contributed by atoms with E-state index in [4.69, 9.17) is 9.47 Å². The van der Waals surface area contributed by atoms with Crippen molar-refractivity contribution in [1.82, 2.24) is 0 Å². The topological polar surface area (TPSA) is 18.5 Å². The second-order valence-electron chi connectivity index (χ2n) is 11.3. The molecule has 0 aliphatic carbocycles. The van der Waals surface area contributed by atoms with Crippen LogP contribution in [0.15, 0.2) is 153 Å². The Bertz CT molecular complexity index is 2290. The van der Waals surface area contributed by atoms with Crippen LogP contribution < -0.4 is 9.47 Å². The molecule has 8 aromatic carbocycles. The highest BCUT2D eigenvalue weighted by Gasteiger charge is 2.21. The number of para-hydroxylation sites is 2. The zero-order valence-corrected chi connectivity index (χ0v) is 25.0. The minimum absolute atomic E-state index is 0.914. The lowest BCUT2D eigenvalue weighted by molar-refractivity contribution is 0.454. The molecule has 4 heteroatoms. The summed E-state index contributed by atoms with van der Waals surface area (Å²) in [6.45, 7) is 0. The van der Waals surface area contributed by atoms with Crippen molar-refractivity contribution in [2.75, 3.05) is 0 Å². The van der Waals surface area contributed by atoms with Gasteiger partial charge in [0.1, 0.15) is 23.0 Å². The minimum atomic E-state index is 0.914. The average Bonchev–Trinajstić information content (AvgIpc) is 3.08. The van der Waals surface area contributed by atoms with E-state index in [0.29, 0.717) is 0 Å². The molecule has 0 unspecified atom stereocenters. The number of hydrogen-bond acceptors (Lipinski definition) is 4. The number of hydrogen-bond donors (Lipinski definition) is 0. The molecule has 2 aliphatic rings. The van der Waals surface area contributed by atoms with Crippen LogP contribution in [0.2, 0.25) is 0 Å². The van der Waals surface area contributed by atoms with E-state index in [9.17, 15) is 0 Å². The highest BCUT2D eigenvalue weighted by Crippen LogP contribution is 2.51. The Hall–Kier alpha value is -4.90. The van der Waals surface area contributed by atoms with Gasteiger partial charge in [-0.2, -0.15) is 0 Å². The van der Waals surface area contributed by atoms with Crippen molar-refractivity contribution in [1.29, 1.82) is 0 Å². The molecule has 0 bridgehead atoms. The van der Waals surface area contributed by atoms with Gasteiger partial charge in [-0.3, -0.25) is 0 Å². The molecule has 10 rings (SSSR count). The number of fused-ring (bicyclic) bond motifs is 4. The third kappa shape index (κ3) is 3.65. The average molecular weight is 599 g/mol. The molecule has 2 aliphatic heterocycles. The number of rotatable bonds is 2. The van der Waals surface area contributed by atoms with E-state index in [0.717, 1.165) is 42.6 Å². The quantitative estimate of drug-likeness (QED) is 0.184. The first-order valence-corrected chi connectivity index (χ1v) is 16.3. The van der Waals surface area contributed by atoms with Crippen LogP contribution >= 0.6 is 23.5 Å². The normalized spacial score (nSPS) is 13.2. The van der Waals surface area contributed by atoms with E-state index in [1.165, 1.54) is 54.6 Å². The van der Waals surface area contributed by atoms with Crippen molar-refractivity contribution >= 4 is 55.8 Å². The van der Waals surface area contributed by atoms with Gasteiger partial charge in [0.05, 0.1) is 19.6 Å². The summed E-state index contributed by atoms with van der Waals surface area (Å²) < 4.78 is 12.5. The third-order valence-corrected chi connectivity index (χ3v) is 10.9. The smallest absolute Gasteiger partial charge is 0.141 e. The molecule has 0 radical (unpaired) electrons. The largest absolute Gasteiger partial charge is 0.455 e. The summed E-state index contributed by atoms with van der Waals surface area (Å²) in [5, 5.41) is 7.69. The monoisotopic (exact) mass is 598 g/mol. The minimum Gasteiger partial charge on any atom is -0.455 e. The van der Waals surface area contributed by atoms with E-state index >= 15 is 0 Å². The zero-order valence-electron chi connectivity index (χ0n) is 23.3. The highest BCUT2D eigenvalue weighted by atomic mass is 32.2. The predicted molar refractivity (Wildman–Crippen MR) is 182 cm³/mol. The van der Waals surface area contributed by atoms with Crippen LogP contribution in [-0.4, -0.2) is 0 Å². The fraction of sp³-hybridized carbons (Fsp3) is 0. The van der Waals surface area contributed by atoms with Crippen molar-refractivity contribution in [3.05, 3.63) is 133 Å². The molecule has 0 N–H and O–H groups in total. The number of ether oxygens (including phenoxy) is 2. The molecule has 206 valence electrons. The van der Waals surface area contributed by atoms with Crippen molar-refractivity contribution in [3.63, 3.8) is 0 Å². The van der Waals surface area contributed by atoms with Gasteiger partial charge in [0.2, 0.25) is 0 Å². The van der Waals surface area contributed by atoms with Crippen LogP contribution in [0, 0.1) is 0 Å². The number of benzene rings is 8. The van der Waals surface area contributed by atoms with Gasteiger partial charge >= 0.3 is 0 Å². The Morgan fingerprint density at radius 1 is 0.364 bits per heavy atom. The Kier molecular flexibility index (Phi) is 5.18. The molecular formula is C40H22O2S2. The van der Waals surface area contributed by atoms with Crippen LogP contribution in [0.5, 0.6) is 23.0 Å². The maximum absolute atomic E-state index is 6.23. The second kappa shape index (κ2) is 9.30. The van der Waals surface area contributed by atoms with Crippen LogP contribution in [0.3, 0.4) is 0 Å². The molecule has 0 saturated heterocycles. The fourth-order valence-corrected chi connectivity index (χ4v) is 8.68. The molecule has 44 heavy (non-hydrogen) atoms. The van der Waals surface area contributed by atoms with Gasteiger partial charge in [0.25, 0.3) is 0 Å². The third-order valence-electron chi connectivity index (χ3n) is 8.75. The van der Waals surface area contributed by atoms with Gasteiger partial charge in [0, 0.05) is 0 Å². The summed E-state index contributed by atoms with van der Waals surface area (Å²) in [6.07, 6.45) is 0. The van der Waals surface area contributed by atoms with Crippen LogP contribution in [0.1, 0.15) is 0 Å². The molecule has 2 nitrogen and oxygen atoms in total. The van der Waals surface area contributed by atoms with Crippen LogP contribution in [-0.2, 0) is 0 Å². The summed E-state index contributed by atoms with van der Waals surface area (Å²) >= 11 is 3.55. The standard InChI is InChI=1S/C40H22O2S2/c1-3-7-35-31(5-1)41-33-19-13-25(21-37(33)43-35)27-15-9-23-12-18-30-28(16-10-24-11-17-29(27)39(23)40(24)30)26-14-20-34-38(22-26)44-36-8-4-2-6-32(36)42-34/h1-22H. The SMILES string of the molecule is c1ccc2c(c1)Oc1ccc(-c3ccc4ccc5c(-c6ccc7c(c6)Sc6ccccc6O7)ccc6ccc3c4c65)cc1S2. The Labute approximate surface area is 262 Å². The molecule has 0 spiro atoms. The Morgan fingerprint density at radius 2 is 0.795 bits per heavy atom. The summed E-state index contributed by atoms with van der Waals surface area (Å²) in [6, 6.07) is 47.8. The summed E-state index contributed by atoms with van der Waals surface area (Å²) in [5.74, 6) is 3.67. The van der Waals surface area contributed by atoms with Gasteiger partial charge in [-0.25, -0.2) is 0 Å². The van der Waals surface area contributed by atoms with E-state index < -0.39 is 0 Å². The lowest BCUT2D eigenvalue weighted by Crippen LogP contribution is -1.95. The van der Waals surface area contributed by atoms with Crippen molar-refractivity contribution in [2.24, 2.45) is 0 Å². The zero-order chi connectivity index (χ0) is 28.8. The maximum atomic E-state index is 6.23. The molecule has 2 heterocycles. The van der Waals surface area contributed by atoms with Gasteiger partial charge in [-0.15, -0.1) is 0 Å². The van der Waals surface area contributed by atoms with Crippen molar-refractivity contribution in [3.8, 4) is 45.3 Å². The first-order chi connectivity index (χ1) is 21.8. The van der Waals surface area contributed by atoms with Crippen LogP contribution in [0.4, 0.5) is 0 Å². The first kappa shape index (κ1) is 24.5. The van der Waals surface area contributed by atoms with Gasteiger partial charge in [0.15, 0.2) is 0 Å². The summed E-state index contributed by atoms with van der Waals surface area (Å²) in [7, 11) is 0. The van der Waals surface area contributed by atoms with E-state index in [1.54, 1.807) is 23.5 Å². The van der Waals surface area contributed by atoms with E-state index in [1.807, 2.05) is 24.3 Å². The Balaban J connectivity index is 1.12. The molecule has 0 atom stereocenters. The molecule has 0 aromatic heterocycles. The maximum Gasteiger partial charge on any atom is 0.141 e. The molecule has 0 fully saturated rings. The van der Waals surface area contributed by atoms with Crippen molar-refractivity contribution < 1.29 is 9.47 Å². The summed E-state index contributed by atoms with van der Waals surface area (Å²) in [5.41, 5.74) is 4.87. The van der Waals surface area contributed by atoms with Crippen LogP contribution in [0.25, 0.3) is 54.6 Å². The first-order valence-electron chi connectivity index (χ1n) is 14.7. The molecule has 0 saturated carbocycles.